The number of aliphatic hydroxyl groups is 1. The third kappa shape index (κ3) is 4.55. The SMILES string of the molecule is C[C@@H]1C[C@@H](CO)C[C@H]1Nc1nc(NC2CCNCC2)nc(Cl)c1-c1nc2ccccc2s1. The van der Waals surface area contributed by atoms with Crippen LogP contribution in [0.25, 0.3) is 20.8 Å². The van der Waals surface area contributed by atoms with E-state index in [-0.39, 0.29) is 12.6 Å². The number of para-hydroxylation sites is 1. The van der Waals surface area contributed by atoms with Gasteiger partial charge in [0.15, 0.2) is 0 Å². The van der Waals surface area contributed by atoms with Gasteiger partial charge in [0.1, 0.15) is 16.0 Å². The second kappa shape index (κ2) is 9.47. The summed E-state index contributed by atoms with van der Waals surface area (Å²) in [6.07, 6.45) is 3.97. The zero-order valence-corrected chi connectivity index (χ0v) is 19.7. The fourth-order valence-corrected chi connectivity index (χ4v) is 6.15. The molecule has 9 heteroatoms. The summed E-state index contributed by atoms with van der Waals surface area (Å²) < 4.78 is 1.11. The van der Waals surface area contributed by atoms with Crippen LogP contribution in [0.15, 0.2) is 24.3 Å². The summed E-state index contributed by atoms with van der Waals surface area (Å²) in [5, 5.41) is 21.4. The van der Waals surface area contributed by atoms with Gasteiger partial charge in [0.25, 0.3) is 0 Å². The summed E-state index contributed by atoms with van der Waals surface area (Å²) in [5.74, 6) is 2.03. The summed E-state index contributed by atoms with van der Waals surface area (Å²) in [7, 11) is 0. The molecule has 2 aliphatic rings. The summed E-state index contributed by atoms with van der Waals surface area (Å²) in [5.41, 5.74) is 1.70. The molecule has 1 saturated heterocycles. The van der Waals surface area contributed by atoms with Crippen molar-refractivity contribution in [2.24, 2.45) is 11.8 Å². The van der Waals surface area contributed by atoms with E-state index in [4.69, 9.17) is 21.6 Å². The number of nitrogens with zero attached hydrogens (tertiary/aromatic N) is 3. The maximum absolute atomic E-state index is 9.65. The van der Waals surface area contributed by atoms with Gasteiger partial charge in [-0.3, -0.25) is 0 Å². The molecule has 170 valence electrons. The molecule has 1 aliphatic carbocycles. The number of aliphatic hydroxyl groups excluding tert-OH is 1. The van der Waals surface area contributed by atoms with Gasteiger partial charge in [-0.05, 0) is 62.7 Å². The molecular formula is C23H29ClN6OS. The van der Waals surface area contributed by atoms with E-state index in [1.54, 1.807) is 11.3 Å². The molecule has 1 aliphatic heterocycles. The van der Waals surface area contributed by atoms with E-state index < -0.39 is 0 Å². The van der Waals surface area contributed by atoms with Gasteiger partial charge in [0.2, 0.25) is 5.95 Å². The summed E-state index contributed by atoms with van der Waals surface area (Å²) in [4.78, 5) is 14.3. The maximum atomic E-state index is 9.65. The van der Waals surface area contributed by atoms with Crippen molar-refractivity contribution in [1.29, 1.82) is 0 Å². The molecule has 0 amide bonds. The Bertz CT molecular complexity index is 1050. The number of anilines is 2. The highest BCUT2D eigenvalue weighted by atomic mass is 35.5. The maximum Gasteiger partial charge on any atom is 0.226 e. The molecule has 2 fully saturated rings. The Kier molecular flexibility index (Phi) is 6.46. The lowest BCUT2D eigenvalue weighted by Gasteiger charge is -2.25. The van der Waals surface area contributed by atoms with Crippen LogP contribution < -0.4 is 16.0 Å². The van der Waals surface area contributed by atoms with E-state index in [1.807, 2.05) is 18.2 Å². The lowest BCUT2D eigenvalue weighted by molar-refractivity contribution is 0.226. The standard InChI is InChI=1S/C23H29ClN6OS/c1-13-10-14(12-31)11-17(13)27-21-19(22-28-16-4-2-3-5-18(16)32-22)20(24)29-23(30-21)26-15-6-8-25-9-7-15/h2-5,13-15,17,25,31H,6-12H2,1H3,(H2,26,27,29,30)/t13-,14-,17-/m1/s1. The van der Waals surface area contributed by atoms with Crippen molar-refractivity contribution in [3.8, 4) is 10.6 Å². The fraction of sp³-hybridized carbons (Fsp3) is 0.522. The molecule has 3 atom stereocenters. The number of thiazole rings is 1. The smallest absolute Gasteiger partial charge is 0.226 e. The van der Waals surface area contributed by atoms with Crippen molar-refractivity contribution in [2.75, 3.05) is 30.3 Å². The molecule has 2 aromatic heterocycles. The summed E-state index contributed by atoms with van der Waals surface area (Å²) >= 11 is 8.38. The average molecular weight is 473 g/mol. The number of piperidine rings is 1. The van der Waals surface area contributed by atoms with Gasteiger partial charge in [-0.1, -0.05) is 30.7 Å². The average Bonchev–Trinajstić information content (AvgIpc) is 3.37. The van der Waals surface area contributed by atoms with Crippen LogP contribution >= 0.6 is 22.9 Å². The second-order valence-corrected chi connectivity index (χ2v) is 10.4. The van der Waals surface area contributed by atoms with E-state index in [0.717, 1.165) is 65.4 Å². The second-order valence-electron chi connectivity index (χ2n) is 8.97. The van der Waals surface area contributed by atoms with E-state index >= 15 is 0 Å². The highest BCUT2D eigenvalue weighted by molar-refractivity contribution is 7.21. The van der Waals surface area contributed by atoms with E-state index in [0.29, 0.717) is 29.0 Å². The molecule has 0 unspecified atom stereocenters. The molecule has 0 radical (unpaired) electrons. The molecule has 4 N–H and O–H groups in total. The van der Waals surface area contributed by atoms with Gasteiger partial charge in [-0.2, -0.15) is 4.98 Å². The van der Waals surface area contributed by atoms with Crippen LogP contribution in [0.1, 0.15) is 32.6 Å². The topological polar surface area (TPSA) is 95.0 Å². The van der Waals surface area contributed by atoms with Crippen LogP contribution in [0.3, 0.4) is 0 Å². The molecule has 1 aromatic carbocycles. The third-order valence-electron chi connectivity index (χ3n) is 6.60. The van der Waals surface area contributed by atoms with Crippen LogP contribution in [0, 0.1) is 11.8 Å². The Balaban J connectivity index is 1.51. The van der Waals surface area contributed by atoms with Gasteiger partial charge < -0.3 is 21.1 Å². The van der Waals surface area contributed by atoms with Gasteiger partial charge in [-0.25, -0.2) is 9.97 Å². The number of hydrogen-bond donors (Lipinski definition) is 4. The first-order valence-electron chi connectivity index (χ1n) is 11.4. The van der Waals surface area contributed by atoms with Crippen molar-refractivity contribution in [3.05, 3.63) is 29.4 Å². The molecule has 1 saturated carbocycles. The zero-order chi connectivity index (χ0) is 22.1. The lowest BCUT2D eigenvalue weighted by atomic mass is 10.1. The number of nitrogens with one attached hydrogen (secondary N) is 3. The van der Waals surface area contributed by atoms with Gasteiger partial charge in [-0.15, -0.1) is 11.3 Å². The Labute approximate surface area is 197 Å². The number of fused-ring (bicyclic) bond motifs is 1. The molecule has 0 bridgehead atoms. The molecule has 3 aromatic rings. The van der Waals surface area contributed by atoms with Crippen molar-refractivity contribution in [2.45, 2.75) is 44.7 Å². The van der Waals surface area contributed by atoms with Crippen LogP contribution in [-0.4, -0.2) is 51.8 Å². The zero-order valence-electron chi connectivity index (χ0n) is 18.1. The Morgan fingerprint density at radius 1 is 1.12 bits per heavy atom. The van der Waals surface area contributed by atoms with Gasteiger partial charge >= 0.3 is 0 Å². The fourth-order valence-electron chi connectivity index (χ4n) is 4.82. The van der Waals surface area contributed by atoms with Crippen molar-refractivity contribution in [3.63, 3.8) is 0 Å². The van der Waals surface area contributed by atoms with E-state index in [1.165, 1.54) is 0 Å². The molecule has 5 rings (SSSR count). The van der Waals surface area contributed by atoms with Gasteiger partial charge in [0.05, 0.1) is 15.8 Å². The number of hydrogen-bond acceptors (Lipinski definition) is 8. The van der Waals surface area contributed by atoms with E-state index in [2.05, 4.69) is 33.9 Å². The largest absolute Gasteiger partial charge is 0.396 e. The molecule has 3 heterocycles. The predicted molar refractivity (Wildman–Crippen MR) is 132 cm³/mol. The lowest BCUT2D eigenvalue weighted by Crippen LogP contribution is -2.35. The first-order chi connectivity index (χ1) is 15.6. The number of aromatic nitrogens is 3. The quantitative estimate of drug-likeness (QED) is 0.395. The van der Waals surface area contributed by atoms with Crippen LogP contribution in [0.2, 0.25) is 5.15 Å². The number of halogens is 1. The third-order valence-corrected chi connectivity index (χ3v) is 7.93. The first-order valence-corrected chi connectivity index (χ1v) is 12.6. The van der Waals surface area contributed by atoms with Crippen LogP contribution in [0.4, 0.5) is 11.8 Å². The Morgan fingerprint density at radius 3 is 2.69 bits per heavy atom. The highest BCUT2D eigenvalue weighted by Crippen LogP contribution is 2.40. The van der Waals surface area contributed by atoms with Crippen molar-refractivity contribution < 1.29 is 5.11 Å². The van der Waals surface area contributed by atoms with Gasteiger partial charge in [0, 0.05) is 18.7 Å². The molecule has 7 nitrogen and oxygen atoms in total. The normalized spacial score (nSPS) is 24.2. The van der Waals surface area contributed by atoms with Crippen LogP contribution in [-0.2, 0) is 0 Å². The van der Waals surface area contributed by atoms with Crippen molar-refractivity contribution >= 4 is 44.9 Å². The van der Waals surface area contributed by atoms with Crippen molar-refractivity contribution in [1.82, 2.24) is 20.3 Å². The highest BCUT2D eigenvalue weighted by Gasteiger charge is 2.32. The monoisotopic (exact) mass is 472 g/mol. The number of rotatable bonds is 6. The summed E-state index contributed by atoms with van der Waals surface area (Å²) in [6.45, 7) is 4.42. The molecule has 0 spiro atoms. The van der Waals surface area contributed by atoms with E-state index in [9.17, 15) is 5.11 Å². The number of benzene rings is 1. The van der Waals surface area contributed by atoms with Crippen LogP contribution in [0.5, 0.6) is 0 Å². The predicted octanol–water partition coefficient (Wildman–Crippen LogP) is 4.39. The summed E-state index contributed by atoms with van der Waals surface area (Å²) in [6, 6.07) is 8.63. The molecule has 32 heavy (non-hydrogen) atoms. The Morgan fingerprint density at radius 2 is 1.94 bits per heavy atom. The minimum atomic E-state index is 0.220. The molecular weight excluding hydrogens is 444 g/mol. The minimum absolute atomic E-state index is 0.220. The minimum Gasteiger partial charge on any atom is -0.396 e. The Hall–Kier alpha value is -2.00. The first kappa shape index (κ1) is 21.8.